The highest BCUT2D eigenvalue weighted by Crippen LogP contribution is 2.43. The van der Waals surface area contributed by atoms with E-state index in [-0.39, 0.29) is 16.9 Å². The van der Waals surface area contributed by atoms with Gasteiger partial charge in [-0.2, -0.15) is 0 Å². The zero-order chi connectivity index (χ0) is 20.3. The van der Waals surface area contributed by atoms with Crippen LogP contribution in [0.25, 0.3) is 11.3 Å². The summed E-state index contributed by atoms with van der Waals surface area (Å²) in [6, 6.07) is 10.0. The van der Waals surface area contributed by atoms with Gasteiger partial charge in [0.15, 0.2) is 5.69 Å². The monoisotopic (exact) mass is 393 g/mol. The Bertz CT molecular complexity index is 1020. The minimum absolute atomic E-state index is 0.184. The quantitative estimate of drug-likeness (QED) is 0.642. The van der Waals surface area contributed by atoms with Crippen LogP contribution in [0, 0.1) is 5.82 Å². The number of carbonyl (C=O) groups is 1. The molecule has 0 aliphatic heterocycles. The lowest BCUT2D eigenvalue weighted by Gasteiger charge is -2.41. The van der Waals surface area contributed by atoms with E-state index < -0.39 is 5.97 Å². The van der Waals surface area contributed by atoms with Gasteiger partial charge >= 0.3 is 5.97 Å². The van der Waals surface area contributed by atoms with Gasteiger partial charge in [0.2, 0.25) is 0 Å². The number of hydrogen-bond acceptors (Lipinski definition) is 7. The first-order valence-electron chi connectivity index (χ1n) is 9.35. The van der Waals surface area contributed by atoms with E-state index in [1.54, 1.807) is 36.5 Å². The van der Waals surface area contributed by atoms with Gasteiger partial charge in [-0.25, -0.2) is 14.2 Å². The van der Waals surface area contributed by atoms with E-state index in [0.717, 1.165) is 19.3 Å². The van der Waals surface area contributed by atoms with Crippen molar-refractivity contribution in [3.05, 3.63) is 66.0 Å². The first-order valence-corrected chi connectivity index (χ1v) is 9.35. The molecule has 1 fully saturated rings. The molecule has 0 spiro atoms. The summed E-state index contributed by atoms with van der Waals surface area (Å²) in [6.07, 6.45) is 5.93. The normalized spacial score (nSPS) is 14.7. The van der Waals surface area contributed by atoms with E-state index >= 15 is 0 Å². The molecule has 1 aliphatic carbocycles. The Morgan fingerprint density at radius 2 is 1.93 bits per heavy atom. The minimum Gasteiger partial charge on any atom is -0.464 e. The minimum atomic E-state index is -0.533. The van der Waals surface area contributed by atoms with Gasteiger partial charge in [-0.15, -0.1) is 10.2 Å². The first-order chi connectivity index (χ1) is 14.1. The Balaban J connectivity index is 1.51. The molecule has 0 bridgehead atoms. The number of nitrogens with one attached hydrogen (secondary N) is 1. The number of rotatable bonds is 6. The van der Waals surface area contributed by atoms with Crippen molar-refractivity contribution >= 4 is 11.8 Å². The third kappa shape index (κ3) is 3.65. The molecule has 0 atom stereocenters. The lowest BCUT2D eigenvalue weighted by Crippen LogP contribution is -2.42. The van der Waals surface area contributed by atoms with E-state index in [2.05, 4.69) is 25.5 Å². The van der Waals surface area contributed by atoms with E-state index in [1.807, 2.05) is 0 Å². The Morgan fingerprint density at radius 1 is 1.14 bits per heavy atom. The molecule has 0 aromatic carbocycles. The van der Waals surface area contributed by atoms with Crippen molar-refractivity contribution in [3.63, 3.8) is 0 Å². The molecule has 0 saturated heterocycles. The summed E-state index contributed by atoms with van der Waals surface area (Å²) in [5.74, 6) is -0.240. The summed E-state index contributed by atoms with van der Waals surface area (Å²) in [7, 11) is 1.31. The van der Waals surface area contributed by atoms with Crippen LogP contribution in [-0.4, -0.2) is 39.8 Å². The third-order valence-corrected chi connectivity index (χ3v) is 5.31. The van der Waals surface area contributed by atoms with Gasteiger partial charge in [0.1, 0.15) is 11.6 Å². The highest BCUT2D eigenvalue weighted by Gasteiger charge is 2.41. The fourth-order valence-electron chi connectivity index (χ4n) is 3.58. The maximum atomic E-state index is 14.2. The predicted octanol–water partition coefficient (Wildman–Crippen LogP) is 3.39. The van der Waals surface area contributed by atoms with Crippen LogP contribution < -0.4 is 5.32 Å². The molecule has 1 saturated carbocycles. The van der Waals surface area contributed by atoms with Crippen LogP contribution in [0.2, 0.25) is 0 Å². The lowest BCUT2D eigenvalue weighted by molar-refractivity contribution is 0.0595. The van der Waals surface area contributed by atoms with Gasteiger partial charge in [-0.1, -0.05) is 6.42 Å². The summed E-state index contributed by atoms with van der Waals surface area (Å²) < 4.78 is 19.0. The number of halogens is 1. The van der Waals surface area contributed by atoms with Gasteiger partial charge in [0, 0.05) is 29.9 Å². The zero-order valence-electron chi connectivity index (χ0n) is 15.9. The van der Waals surface area contributed by atoms with E-state index in [4.69, 9.17) is 4.74 Å². The van der Waals surface area contributed by atoms with Crippen molar-refractivity contribution in [2.45, 2.75) is 24.7 Å². The second-order valence-corrected chi connectivity index (χ2v) is 7.02. The number of esters is 1. The second-order valence-electron chi connectivity index (χ2n) is 7.02. The highest BCUT2D eigenvalue weighted by atomic mass is 19.1. The number of methoxy groups -OCH3 is 1. The maximum Gasteiger partial charge on any atom is 0.357 e. The molecule has 3 aromatic rings. The van der Waals surface area contributed by atoms with Crippen LogP contribution in [0.5, 0.6) is 0 Å². The Labute approximate surface area is 167 Å². The SMILES string of the molecule is COC(=O)c1ncccc1-c1ccc(NCC2(c3ncccc3F)CCC2)nn1. The van der Waals surface area contributed by atoms with E-state index in [1.165, 1.54) is 19.4 Å². The number of carbonyl (C=O) groups excluding carboxylic acids is 1. The van der Waals surface area contributed by atoms with Gasteiger partial charge < -0.3 is 10.1 Å². The number of aromatic nitrogens is 4. The molecule has 4 rings (SSSR count). The number of pyridine rings is 2. The molecular formula is C21H20FN5O2. The van der Waals surface area contributed by atoms with Crippen LogP contribution in [0.3, 0.4) is 0 Å². The molecule has 0 amide bonds. The van der Waals surface area contributed by atoms with Crippen LogP contribution in [0.15, 0.2) is 48.8 Å². The van der Waals surface area contributed by atoms with E-state index in [0.29, 0.717) is 29.3 Å². The number of ether oxygens (including phenoxy) is 1. The molecule has 148 valence electrons. The molecule has 29 heavy (non-hydrogen) atoms. The standard InChI is InChI=1S/C21H20FN5O2/c1-29-20(28)18-14(5-2-11-23-18)16-7-8-17(27-26-16)25-13-21(9-4-10-21)19-15(22)6-3-12-24-19/h2-3,5-8,11-12H,4,9-10,13H2,1H3,(H,25,27). The van der Waals surface area contributed by atoms with Gasteiger partial charge in [0.25, 0.3) is 0 Å². The fraction of sp³-hybridized carbons (Fsp3) is 0.286. The van der Waals surface area contributed by atoms with Crippen molar-refractivity contribution in [3.8, 4) is 11.3 Å². The van der Waals surface area contributed by atoms with Crippen molar-refractivity contribution in [1.29, 1.82) is 0 Å². The number of hydrogen-bond donors (Lipinski definition) is 1. The van der Waals surface area contributed by atoms with Crippen molar-refractivity contribution in [1.82, 2.24) is 20.2 Å². The molecule has 8 heteroatoms. The number of nitrogens with zero attached hydrogens (tertiary/aromatic N) is 4. The Hall–Kier alpha value is -3.42. The average molecular weight is 393 g/mol. The van der Waals surface area contributed by atoms with Gasteiger partial charge in [0.05, 0.1) is 18.5 Å². The summed E-state index contributed by atoms with van der Waals surface area (Å²) in [4.78, 5) is 20.3. The molecule has 3 aromatic heterocycles. The predicted molar refractivity (Wildman–Crippen MR) is 105 cm³/mol. The first kappa shape index (κ1) is 18.9. The number of anilines is 1. The second kappa shape index (κ2) is 7.90. The smallest absolute Gasteiger partial charge is 0.357 e. The Morgan fingerprint density at radius 3 is 2.59 bits per heavy atom. The van der Waals surface area contributed by atoms with Crippen LogP contribution >= 0.6 is 0 Å². The molecule has 1 aliphatic rings. The van der Waals surface area contributed by atoms with Crippen molar-refractivity contribution in [2.24, 2.45) is 0 Å². The largest absolute Gasteiger partial charge is 0.464 e. The van der Waals surface area contributed by atoms with Crippen LogP contribution in [0.4, 0.5) is 10.2 Å². The molecule has 1 N–H and O–H groups in total. The fourth-order valence-corrected chi connectivity index (χ4v) is 3.58. The van der Waals surface area contributed by atoms with Crippen LogP contribution in [-0.2, 0) is 10.2 Å². The molecule has 0 unspecified atom stereocenters. The topological polar surface area (TPSA) is 89.9 Å². The van der Waals surface area contributed by atoms with Crippen molar-refractivity contribution < 1.29 is 13.9 Å². The highest BCUT2D eigenvalue weighted by molar-refractivity contribution is 5.94. The van der Waals surface area contributed by atoms with E-state index in [9.17, 15) is 9.18 Å². The van der Waals surface area contributed by atoms with Gasteiger partial charge in [-0.3, -0.25) is 4.98 Å². The molecular weight excluding hydrogens is 373 g/mol. The van der Waals surface area contributed by atoms with Gasteiger partial charge in [-0.05, 0) is 49.2 Å². The molecule has 7 nitrogen and oxygen atoms in total. The summed E-state index contributed by atoms with van der Waals surface area (Å²) in [5.41, 5.74) is 1.42. The summed E-state index contributed by atoms with van der Waals surface area (Å²) >= 11 is 0. The summed E-state index contributed by atoms with van der Waals surface area (Å²) in [6.45, 7) is 0.523. The molecule has 0 radical (unpaired) electrons. The molecule has 3 heterocycles. The summed E-state index contributed by atoms with van der Waals surface area (Å²) in [5, 5.41) is 11.7. The maximum absolute atomic E-state index is 14.2. The lowest BCUT2D eigenvalue weighted by atomic mass is 9.66. The van der Waals surface area contributed by atoms with Crippen LogP contribution in [0.1, 0.15) is 35.4 Å². The third-order valence-electron chi connectivity index (χ3n) is 5.31. The Kier molecular flexibility index (Phi) is 5.16. The average Bonchev–Trinajstić information content (AvgIpc) is 2.74. The zero-order valence-corrected chi connectivity index (χ0v) is 15.9. The van der Waals surface area contributed by atoms with Crippen molar-refractivity contribution in [2.75, 3.05) is 19.0 Å².